The van der Waals surface area contributed by atoms with Crippen molar-refractivity contribution in [3.63, 3.8) is 0 Å². The maximum atomic E-state index is 4.43. The van der Waals surface area contributed by atoms with Crippen LogP contribution in [0.15, 0.2) is 69.5 Å². The van der Waals surface area contributed by atoms with Gasteiger partial charge in [0.2, 0.25) is 0 Å². The molecule has 3 heterocycles. The number of nitrogens with zero attached hydrogens (tertiary/aromatic N) is 2. The summed E-state index contributed by atoms with van der Waals surface area (Å²) in [6, 6.07) is 16.5. The van der Waals surface area contributed by atoms with Crippen LogP contribution in [0.3, 0.4) is 0 Å². The molecule has 0 bridgehead atoms. The fourth-order valence-electron chi connectivity index (χ4n) is 2.19. The smallest absolute Gasteiger partial charge is 0.142 e. The number of fused-ring (bicyclic) bond motifs is 1. The zero-order valence-electron chi connectivity index (χ0n) is 11.0. The first-order valence-corrected chi connectivity index (χ1v) is 8.20. The van der Waals surface area contributed by atoms with Crippen LogP contribution in [0.1, 0.15) is 0 Å². The molecule has 0 amide bonds. The molecule has 0 atom stereocenters. The van der Waals surface area contributed by atoms with Gasteiger partial charge in [-0.15, -0.1) is 11.3 Å². The third kappa shape index (κ3) is 2.46. The van der Waals surface area contributed by atoms with Gasteiger partial charge in [-0.25, -0.2) is 9.97 Å². The average molecular weight is 309 g/mol. The van der Waals surface area contributed by atoms with Crippen molar-refractivity contribution in [1.82, 2.24) is 15.0 Å². The molecule has 3 aromatic heterocycles. The molecule has 0 saturated heterocycles. The van der Waals surface area contributed by atoms with E-state index >= 15 is 0 Å². The Morgan fingerprint density at radius 3 is 2.71 bits per heavy atom. The largest absolute Gasteiger partial charge is 0.339 e. The molecule has 0 aliphatic heterocycles. The number of rotatable bonds is 3. The van der Waals surface area contributed by atoms with Gasteiger partial charge in [-0.3, -0.25) is 0 Å². The molecule has 0 unspecified atom stereocenters. The van der Waals surface area contributed by atoms with Gasteiger partial charge in [-0.1, -0.05) is 48.2 Å². The minimum absolute atomic E-state index is 0.878. The van der Waals surface area contributed by atoms with Crippen LogP contribution in [0.4, 0.5) is 0 Å². The normalized spacial score (nSPS) is 11.0. The zero-order valence-corrected chi connectivity index (χ0v) is 12.6. The topological polar surface area (TPSA) is 41.6 Å². The summed E-state index contributed by atoms with van der Waals surface area (Å²) in [5.41, 5.74) is 3.10. The molecule has 0 aliphatic rings. The number of hydrogen-bond acceptors (Lipinski definition) is 4. The first kappa shape index (κ1) is 12.6. The molecular weight excluding hydrogens is 298 g/mol. The molecular formula is C16H11N3S2. The summed E-state index contributed by atoms with van der Waals surface area (Å²) < 4.78 is 1.23. The molecule has 4 aromatic rings. The van der Waals surface area contributed by atoms with Gasteiger partial charge < -0.3 is 4.98 Å². The van der Waals surface area contributed by atoms with Crippen molar-refractivity contribution in [2.45, 2.75) is 9.24 Å². The van der Waals surface area contributed by atoms with E-state index in [0.29, 0.717) is 0 Å². The summed E-state index contributed by atoms with van der Waals surface area (Å²) in [7, 11) is 0. The van der Waals surface area contributed by atoms with Crippen molar-refractivity contribution in [3.8, 4) is 11.3 Å². The molecule has 0 spiro atoms. The SMILES string of the molecule is c1ccc(-c2cc3c(Sc4cccs4)ncnc3[nH]2)cc1. The number of nitrogens with one attached hydrogen (secondary N) is 1. The lowest BCUT2D eigenvalue weighted by molar-refractivity contribution is 1.09. The van der Waals surface area contributed by atoms with Crippen LogP contribution < -0.4 is 0 Å². The predicted molar refractivity (Wildman–Crippen MR) is 87.8 cm³/mol. The summed E-state index contributed by atoms with van der Waals surface area (Å²) in [6.45, 7) is 0. The lowest BCUT2D eigenvalue weighted by atomic mass is 10.1. The number of benzene rings is 1. The number of aromatic amines is 1. The number of hydrogen-bond donors (Lipinski definition) is 1. The van der Waals surface area contributed by atoms with Crippen molar-refractivity contribution >= 4 is 34.1 Å². The predicted octanol–water partition coefficient (Wildman–Crippen LogP) is 4.84. The second kappa shape index (κ2) is 5.35. The quantitative estimate of drug-likeness (QED) is 0.551. The van der Waals surface area contributed by atoms with Crippen molar-refractivity contribution in [2.75, 3.05) is 0 Å². The van der Waals surface area contributed by atoms with E-state index in [0.717, 1.165) is 27.3 Å². The Kier molecular flexibility index (Phi) is 3.21. The van der Waals surface area contributed by atoms with Gasteiger partial charge in [-0.2, -0.15) is 0 Å². The standard InChI is InChI=1S/C16H11N3S2/c1-2-5-11(6-3-1)13-9-12-15(19-13)17-10-18-16(12)21-14-7-4-8-20-14/h1-10H,(H,17,18,19). The second-order valence-electron chi connectivity index (χ2n) is 4.52. The van der Waals surface area contributed by atoms with Crippen LogP contribution in [0.25, 0.3) is 22.3 Å². The third-order valence-corrected chi connectivity index (χ3v) is 5.22. The molecule has 3 nitrogen and oxygen atoms in total. The van der Waals surface area contributed by atoms with E-state index in [4.69, 9.17) is 0 Å². The summed E-state index contributed by atoms with van der Waals surface area (Å²) in [4.78, 5) is 12.1. The minimum Gasteiger partial charge on any atom is -0.339 e. The summed E-state index contributed by atoms with van der Waals surface area (Å²) >= 11 is 3.40. The maximum absolute atomic E-state index is 4.43. The Balaban J connectivity index is 1.81. The third-order valence-electron chi connectivity index (χ3n) is 3.17. The van der Waals surface area contributed by atoms with Crippen molar-refractivity contribution in [1.29, 1.82) is 0 Å². The maximum Gasteiger partial charge on any atom is 0.142 e. The Morgan fingerprint density at radius 1 is 1.00 bits per heavy atom. The highest BCUT2D eigenvalue weighted by Crippen LogP contribution is 2.35. The van der Waals surface area contributed by atoms with E-state index in [1.807, 2.05) is 18.2 Å². The second-order valence-corrected chi connectivity index (χ2v) is 6.76. The van der Waals surface area contributed by atoms with E-state index in [1.165, 1.54) is 4.21 Å². The minimum atomic E-state index is 0.878. The van der Waals surface area contributed by atoms with Crippen LogP contribution >= 0.6 is 23.1 Å². The molecule has 4 rings (SSSR count). The van der Waals surface area contributed by atoms with E-state index in [2.05, 4.69) is 50.7 Å². The first-order valence-electron chi connectivity index (χ1n) is 6.51. The molecule has 0 radical (unpaired) electrons. The van der Waals surface area contributed by atoms with Crippen LogP contribution in [0.5, 0.6) is 0 Å². The van der Waals surface area contributed by atoms with Crippen molar-refractivity contribution < 1.29 is 0 Å². The van der Waals surface area contributed by atoms with E-state index in [9.17, 15) is 0 Å². The van der Waals surface area contributed by atoms with E-state index < -0.39 is 0 Å². The summed E-state index contributed by atoms with van der Waals surface area (Å²) in [5, 5.41) is 4.13. The fraction of sp³-hybridized carbons (Fsp3) is 0. The highest BCUT2D eigenvalue weighted by Gasteiger charge is 2.10. The van der Waals surface area contributed by atoms with Crippen LogP contribution in [0.2, 0.25) is 0 Å². The van der Waals surface area contributed by atoms with Gasteiger partial charge in [0.15, 0.2) is 0 Å². The Hall–Kier alpha value is -2.11. The number of aromatic nitrogens is 3. The van der Waals surface area contributed by atoms with Gasteiger partial charge in [0.1, 0.15) is 17.0 Å². The Bertz CT molecular complexity index is 867. The van der Waals surface area contributed by atoms with Crippen LogP contribution in [0, 0.1) is 0 Å². The van der Waals surface area contributed by atoms with Crippen molar-refractivity contribution in [2.24, 2.45) is 0 Å². The van der Waals surface area contributed by atoms with Gasteiger partial charge in [0, 0.05) is 5.69 Å². The lowest BCUT2D eigenvalue weighted by Crippen LogP contribution is -1.83. The van der Waals surface area contributed by atoms with E-state index in [-0.39, 0.29) is 0 Å². The van der Waals surface area contributed by atoms with Gasteiger partial charge in [0.25, 0.3) is 0 Å². The molecule has 0 fully saturated rings. The molecule has 102 valence electrons. The number of thiophene rings is 1. The number of H-pyrrole nitrogens is 1. The molecule has 1 aromatic carbocycles. The Labute approximate surface area is 130 Å². The first-order chi connectivity index (χ1) is 10.4. The fourth-order valence-corrected chi connectivity index (χ4v) is 3.94. The summed E-state index contributed by atoms with van der Waals surface area (Å²) in [5.74, 6) is 0. The zero-order chi connectivity index (χ0) is 14.1. The summed E-state index contributed by atoms with van der Waals surface area (Å²) in [6.07, 6.45) is 1.61. The average Bonchev–Trinajstić information content (AvgIpc) is 3.17. The van der Waals surface area contributed by atoms with Gasteiger partial charge in [0.05, 0.1) is 9.60 Å². The van der Waals surface area contributed by atoms with Gasteiger partial charge in [-0.05, 0) is 23.1 Å². The highest BCUT2D eigenvalue weighted by molar-refractivity contribution is 8.01. The monoisotopic (exact) mass is 309 g/mol. The van der Waals surface area contributed by atoms with E-state index in [1.54, 1.807) is 29.4 Å². The van der Waals surface area contributed by atoms with Gasteiger partial charge >= 0.3 is 0 Å². The molecule has 5 heteroatoms. The van der Waals surface area contributed by atoms with Crippen molar-refractivity contribution in [3.05, 3.63) is 60.2 Å². The highest BCUT2D eigenvalue weighted by atomic mass is 32.2. The van der Waals surface area contributed by atoms with Crippen LogP contribution in [-0.4, -0.2) is 15.0 Å². The molecule has 1 N–H and O–H groups in total. The molecule has 0 aliphatic carbocycles. The molecule has 0 saturated carbocycles. The lowest BCUT2D eigenvalue weighted by Gasteiger charge is -1.98. The van der Waals surface area contributed by atoms with Crippen LogP contribution in [-0.2, 0) is 0 Å². The Morgan fingerprint density at radius 2 is 1.90 bits per heavy atom. The molecule has 21 heavy (non-hydrogen) atoms.